The average molecular weight is 260 g/mol. The van der Waals surface area contributed by atoms with Gasteiger partial charge in [0, 0.05) is 12.6 Å². The molecule has 5 heteroatoms. The highest BCUT2D eigenvalue weighted by Crippen LogP contribution is 2.18. The molecule has 0 aliphatic carbocycles. The minimum absolute atomic E-state index is 0.214. The van der Waals surface area contributed by atoms with Crippen LogP contribution in [-0.2, 0) is 6.54 Å². The van der Waals surface area contributed by atoms with Crippen molar-refractivity contribution < 1.29 is 4.74 Å². The first-order valence-corrected chi connectivity index (χ1v) is 6.56. The molecule has 0 radical (unpaired) electrons. The molecule has 0 amide bonds. The van der Waals surface area contributed by atoms with E-state index < -0.39 is 0 Å². The van der Waals surface area contributed by atoms with Crippen LogP contribution < -0.4 is 10.1 Å². The predicted molar refractivity (Wildman–Crippen MR) is 74.5 cm³/mol. The van der Waals surface area contributed by atoms with Gasteiger partial charge in [0.25, 0.3) is 0 Å². The van der Waals surface area contributed by atoms with Gasteiger partial charge in [0.2, 0.25) is 0 Å². The van der Waals surface area contributed by atoms with E-state index >= 15 is 0 Å². The van der Waals surface area contributed by atoms with Crippen LogP contribution in [0.3, 0.4) is 0 Å². The zero-order valence-corrected chi connectivity index (χ0v) is 11.6. The summed E-state index contributed by atoms with van der Waals surface area (Å²) in [5, 5.41) is 11.3. The quantitative estimate of drug-likeness (QED) is 0.864. The molecule has 0 aliphatic rings. The summed E-state index contributed by atoms with van der Waals surface area (Å²) in [5.41, 5.74) is 1.87. The molecule has 1 N–H and O–H groups in total. The highest BCUT2D eigenvalue weighted by atomic mass is 16.5. The van der Waals surface area contributed by atoms with Gasteiger partial charge in [-0.05, 0) is 32.5 Å². The highest BCUT2D eigenvalue weighted by molar-refractivity contribution is 5.38. The second-order valence-electron chi connectivity index (χ2n) is 4.52. The molecule has 0 aliphatic heterocycles. The Morgan fingerprint density at radius 1 is 1.42 bits per heavy atom. The molecule has 1 atom stereocenters. The van der Waals surface area contributed by atoms with E-state index in [1.807, 2.05) is 37.5 Å². The smallest absolute Gasteiger partial charge is 0.121 e. The van der Waals surface area contributed by atoms with Crippen LogP contribution in [0.4, 0.5) is 0 Å². The Hall–Kier alpha value is -1.88. The van der Waals surface area contributed by atoms with Crippen LogP contribution in [0.5, 0.6) is 5.75 Å². The zero-order valence-electron chi connectivity index (χ0n) is 11.6. The third-order valence-corrected chi connectivity index (χ3v) is 2.89. The predicted octanol–water partition coefficient (Wildman–Crippen LogP) is 2.16. The Morgan fingerprint density at radius 3 is 3.00 bits per heavy atom. The molecule has 2 rings (SSSR count). The van der Waals surface area contributed by atoms with Gasteiger partial charge >= 0.3 is 0 Å². The Morgan fingerprint density at radius 2 is 2.26 bits per heavy atom. The van der Waals surface area contributed by atoms with E-state index in [0.29, 0.717) is 6.54 Å². The van der Waals surface area contributed by atoms with Crippen molar-refractivity contribution in [1.82, 2.24) is 20.3 Å². The maximum absolute atomic E-state index is 5.81. The normalized spacial score (nSPS) is 12.4. The summed E-state index contributed by atoms with van der Waals surface area (Å²) < 4.78 is 7.57. The summed E-state index contributed by atoms with van der Waals surface area (Å²) in [7, 11) is 1.89. The van der Waals surface area contributed by atoms with E-state index in [1.54, 1.807) is 4.68 Å². The topological polar surface area (TPSA) is 52.0 Å². The maximum Gasteiger partial charge on any atom is 0.121 e. The molecule has 0 saturated carbocycles. The first kappa shape index (κ1) is 13.5. The second kappa shape index (κ2) is 6.33. The minimum atomic E-state index is 0.214. The molecule has 2 aromatic rings. The fourth-order valence-corrected chi connectivity index (χ4v) is 1.70. The lowest BCUT2D eigenvalue weighted by molar-refractivity contribution is 0.217. The van der Waals surface area contributed by atoms with Crippen LogP contribution in [0.1, 0.15) is 26.0 Å². The average Bonchev–Trinajstić information content (AvgIpc) is 2.88. The van der Waals surface area contributed by atoms with Crippen molar-refractivity contribution >= 4 is 0 Å². The molecule has 0 saturated heterocycles. The van der Waals surface area contributed by atoms with Crippen molar-refractivity contribution in [2.75, 3.05) is 7.05 Å². The summed E-state index contributed by atoms with van der Waals surface area (Å²) in [6.45, 7) is 4.88. The number of ether oxygens (including phenoxy) is 1. The lowest BCUT2D eigenvalue weighted by atomic mass is 10.3. The fraction of sp³-hybridized carbons (Fsp3) is 0.429. The van der Waals surface area contributed by atoms with Gasteiger partial charge in [-0.3, -0.25) is 0 Å². The van der Waals surface area contributed by atoms with Gasteiger partial charge in [-0.1, -0.05) is 18.2 Å². The molecule has 1 aromatic carbocycles. The van der Waals surface area contributed by atoms with E-state index in [-0.39, 0.29) is 6.10 Å². The largest absolute Gasteiger partial charge is 0.491 e. The number of benzene rings is 1. The Labute approximate surface area is 113 Å². The van der Waals surface area contributed by atoms with Crippen molar-refractivity contribution in [2.24, 2.45) is 0 Å². The molecule has 102 valence electrons. The number of hydrogen-bond donors (Lipinski definition) is 1. The third kappa shape index (κ3) is 3.54. The fourth-order valence-electron chi connectivity index (χ4n) is 1.70. The van der Waals surface area contributed by atoms with Crippen molar-refractivity contribution in [3.05, 3.63) is 36.2 Å². The molecule has 5 nitrogen and oxygen atoms in total. The van der Waals surface area contributed by atoms with Crippen LogP contribution >= 0.6 is 0 Å². The summed E-state index contributed by atoms with van der Waals surface area (Å²) in [5.74, 6) is 0.859. The second-order valence-corrected chi connectivity index (χ2v) is 4.52. The molecule has 1 heterocycles. The van der Waals surface area contributed by atoms with Crippen LogP contribution in [0.2, 0.25) is 0 Å². The molecule has 1 aromatic heterocycles. The van der Waals surface area contributed by atoms with Crippen LogP contribution in [-0.4, -0.2) is 28.1 Å². The number of hydrogen-bond acceptors (Lipinski definition) is 4. The summed E-state index contributed by atoms with van der Waals surface area (Å²) >= 11 is 0. The molecule has 1 unspecified atom stereocenters. The summed E-state index contributed by atoms with van der Waals surface area (Å²) in [6, 6.07) is 7.89. The van der Waals surface area contributed by atoms with Gasteiger partial charge in [0.05, 0.1) is 23.7 Å². The van der Waals surface area contributed by atoms with Gasteiger partial charge in [-0.15, -0.1) is 5.10 Å². The number of aromatic nitrogens is 3. The highest BCUT2D eigenvalue weighted by Gasteiger charge is 2.05. The molecule has 19 heavy (non-hydrogen) atoms. The first-order valence-electron chi connectivity index (χ1n) is 6.56. The standard InChI is InChI=1S/C14H20N4O/c1-4-11(2)19-14-7-5-6-13(8-14)18-10-12(9-15-3)16-17-18/h5-8,10-11,15H,4,9H2,1-3H3. The maximum atomic E-state index is 5.81. The Balaban J connectivity index is 2.17. The zero-order chi connectivity index (χ0) is 13.7. The number of nitrogens with one attached hydrogen (secondary N) is 1. The SMILES string of the molecule is CCC(C)Oc1cccc(-n2cc(CNC)nn2)c1. The molecular weight excluding hydrogens is 240 g/mol. The van der Waals surface area contributed by atoms with Gasteiger partial charge in [0.1, 0.15) is 5.75 Å². The van der Waals surface area contributed by atoms with Crippen LogP contribution in [0.15, 0.2) is 30.5 Å². The molecular formula is C14H20N4O. The molecule has 0 spiro atoms. The lowest BCUT2D eigenvalue weighted by Crippen LogP contribution is -2.09. The molecule has 0 fully saturated rings. The number of nitrogens with zero attached hydrogens (tertiary/aromatic N) is 3. The van der Waals surface area contributed by atoms with E-state index in [1.165, 1.54) is 0 Å². The van der Waals surface area contributed by atoms with Crippen molar-refractivity contribution in [2.45, 2.75) is 32.9 Å². The summed E-state index contributed by atoms with van der Waals surface area (Å²) in [6.07, 6.45) is 3.12. The lowest BCUT2D eigenvalue weighted by Gasteiger charge is -2.13. The van der Waals surface area contributed by atoms with Crippen LogP contribution in [0, 0.1) is 0 Å². The third-order valence-electron chi connectivity index (χ3n) is 2.89. The van der Waals surface area contributed by atoms with Gasteiger partial charge in [0.15, 0.2) is 0 Å². The van der Waals surface area contributed by atoms with E-state index in [2.05, 4.69) is 29.5 Å². The van der Waals surface area contributed by atoms with Crippen LogP contribution in [0.25, 0.3) is 5.69 Å². The monoisotopic (exact) mass is 260 g/mol. The van der Waals surface area contributed by atoms with Crippen molar-refractivity contribution in [3.63, 3.8) is 0 Å². The van der Waals surface area contributed by atoms with Gasteiger partial charge < -0.3 is 10.1 Å². The van der Waals surface area contributed by atoms with E-state index in [0.717, 1.165) is 23.6 Å². The van der Waals surface area contributed by atoms with Gasteiger partial charge in [-0.25, -0.2) is 4.68 Å². The van der Waals surface area contributed by atoms with Crippen molar-refractivity contribution in [1.29, 1.82) is 0 Å². The summed E-state index contributed by atoms with van der Waals surface area (Å²) in [4.78, 5) is 0. The molecule has 0 bridgehead atoms. The van der Waals surface area contributed by atoms with Crippen molar-refractivity contribution in [3.8, 4) is 11.4 Å². The van der Waals surface area contributed by atoms with E-state index in [9.17, 15) is 0 Å². The first-order chi connectivity index (χ1) is 9.22. The number of rotatable bonds is 6. The minimum Gasteiger partial charge on any atom is -0.491 e. The van der Waals surface area contributed by atoms with Gasteiger partial charge in [-0.2, -0.15) is 0 Å². The Kier molecular flexibility index (Phi) is 4.52. The Bertz CT molecular complexity index is 524. The van der Waals surface area contributed by atoms with E-state index in [4.69, 9.17) is 4.74 Å².